The molecule has 22 heavy (non-hydrogen) atoms. The van der Waals surface area contributed by atoms with Gasteiger partial charge in [-0.1, -0.05) is 12.5 Å². The number of carbonyl (C=O) groups excluding carboxylic acids is 1. The van der Waals surface area contributed by atoms with E-state index in [0.717, 1.165) is 19.3 Å². The molecule has 0 aliphatic heterocycles. The van der Waals surface area contributed by atoms with E-state index in [1.54, 1.807) is 24.4 Å². The summed E-state index contributed by atoms with van der Waals surface area (Å²) < 4.78 is 2.61. The van der Waals surface area contributed by atoms with Gasteiger partial charge in [-0.15, -0.1) is 17.5 Å². The van der Waals surface area contributed by atoms with Crippen molar-refractivity contribution in [1.82, 2.24) is 19.5 Å². The Morgan fingerprint density at radius 3 is 2.95 bits per heavy atom. The van der Waals surface area contributed by atoms with E-state index in [-0.39, 0.29) is 36.6 Å². The van der Waals surface area contributed by atoms with Crippen LogP contribution in [-0.4, -0.2) is 32.7 Å². The van der Waals surface area contributed by atoms with Crippen LogP contribution >= 0.6 is 12.4 Å². The zero-order chi connectivity index (χ0) is 14.8. The van der Waals surface area contributed by atoms with E-state index in [0.29, 0.717) is 18.1 Å². The Kier molecular flexibility index (Phi) is 5.20. The number of rotatable bonds is 4. The van der Waals surface area contributed by atoms with E-state index >= 15 is 0 Å². The van der Waals surface area contributed by atoms with Gasteiger partial charge >= 0.3 is 5.69 Å². The van der Waals surface area contributed by atoms with Crippen molar-refractivity contribution in [2.24, 2.45) is 11.7 Å². The Labute approximate surface area is 133 Å². The van der Waals surface area contributed by atoms with Crippen LogP contribution in [0.1, 0.15) is 19.3 Å². The molecule has 2 aromatic rings. The lowest BCUT2D eigenvalue weighted by Gasteiger charge is -2.19. The van der Waals surface area contributed by atoms with E-state index in [1.807, 2.05) is 0 Å². The predicted octanol–water partition coefficient (Wildman–Crippen LogP) is 0.161. The van der Waals surface area contributed by atoms with Crippen molar-refractivity contribution in [2.45, 2.75) is 31.8 Å². The first-order valence-corrected chi connectivity index (χ1v) is 7.22. The van der Waals surface area contributed by atoms with Gasteiger partial charge in [0.15, 0.2) is 5.65 Å². The molecule has 1 aliphatic rings. The zero-order valence-electron chi connectivity index (χ0n) is 12.1. The van der Waals surface area contributed by atoms with E-state index in [4.69, 9.17) is 5.73 Å². The van der Waals surface area contributed by atoms with E-state index in [9.17, 15) is 9.59 Å². The minimum Gasteiger partial charge on any atom is -0.351 e. The maximum absolute atomic E-state index is 12.1. The Bertz CT molecular complexity index is 711. The van der Waals surface area contributed by atoms with Crippen LogP contribution in [-0.2, 0) is 11.3 Å². The van der Waals surface area contributed by atoms with Gasteiger partial charge in [0, 0.05) is 12.2 Å². The third-order valence-corrected chi connectivity index (χ3v) is 4.09. The molecule has 1 fully saturated rings. The monoisotopic (exact) mass is 325 g/mol. The molecule has 3 rings (SSSR count). The standard InChI is InChI=1S/C14H19N5O2.ClH/c15-8-10-4-3-5-11(10)16-13(20)9-19-14(21)18-7-2-1-6-12(18)17-19;/h1-2,6-7,10-11H,3-5,8-9,15H2,(H,16,20);1H. The van der Waals surface area contributed by atoms with Crippen molar-refractivity contribution in [1.29, 1.82) is 0 Å². The quantitative estimate of drug-likeness (QED) is 0.837. The SMILES string of the molecule is Cl.NCC1CCCC1NC(=O)Cn1nc2ccccn2c1=O. The molecular weight excluding hydrogens is 306 g/mol. The maximum atomic E-state index is 12.1. The largest absolute Gasteiger partial charge is 0.351 e. The second kappa shape index (κ2) is 6.93. The van der Waals surface area contributed by atoms with Gasteiger partial charge < -0.3 is 11.1 Å². The number of amides is 1. The summed E-state index contributed by atoms with van der Waals surface area (Å²) in [6.45, 7) is 0.521. The molecule has 0 spiro atoms. The van der Waals surface area contributed by atoms with Gasteiger partial charge in [0.1, 0.15) is 6.54 Å². The summed E-state index contributed by atoms with van der Waals surface area (Å²) in [5.41, 5.74) is 5.94. The second-order valence-electron chi connectivity index (χ2n) is 5.47. The van der Waals surface area contributed by atoms with Crippen LogP contribution in [0.2, 0.25) is 0 Å². The van der Waals surface area contributed by atoms with Crippen LogP contribution in [0.5, 0.6) is 0 Å². The molecule has 0 saturated heterocycles. The molecule has 1 saturated carbocycles. The summed E-state index contributed by atoms with van der Waals surface area (Å²) in [4.78, 5) is 24.2. The van der Waals surface area contributed by atoms with Gasteiger partial charge in [-0.3, -0.25) is 9.20 Å². The lowest BCUT2D eigenvalue weighted by molar-refractivity contribution is -0.122. The smallest absolute Gasteiger partial charge is 0.350 e. The number of carbonyl (C=O) groups is 1. The Morgan fingerprint density at radius 1 is 1.41 bits per heavy atom. The van der Waals surface area contributed by atoms with Gasteiger partial charge in [0.2, 0.25) is 5.91 Å². The van der Waals surface area contributed by atoms with Crippen LogP contribution in [0.4, 0.5) is 0 Å². The number of pyridine rings is 1. The molecule has 0 bridgehead atoms. The highest BCUT2D eigenvalue weighted by atomic mass is 35.5. The average molecular weight is 326 g/mol. The number of aromatic nitrogens is 3. The fourth-order valence-electron chi connectivity index (χ4n) is 2.97. The summed E-state index contributed by atoms with van der Waals surface area (Å²) in [6.07, 6.45) is 4.73. The molecule has 1 amide bonds. The van der Waals surface area contributed by atoms with Gasteiger partial charge in [-0.2, -0.15) is 0 Å². The molecular formula is C14H20ClN5O2. The fourth-order valence-corrected chi connectivity index (χ4v) is 2.97. The molecule has 2 unspecified atom stereocenters. The van der Waals surface area contributed by atoms with Crippen molar-refractivity contribution >= 4 is 24.0 Å². The average Bonchev–Trinajstić information content (AvgIpc) is 3.05. The normalized spacial score (nSPS) is 20.8. The summed E-state index contributed by atoms with van der Waals surface area (Å²) >= 11 is 0. The minimum atomic E-state index is -0.303. The summed E-state index contributed by atoms with van der Waals surface area (Å²) in [7, 11) is 0. The van der Waals surface area contributed by atoms with E-state index < -0.39 is 0 Å². The number of nitrogens with two attached hydrogens (primary N) is 1. The second-order valence-corrected chi connectivity index (χ2v) is 5.47. The van der Waals surface area contributed by atoms with Crippen LogP contribution in [0, 0.1) is 5.92 Å². The topological polar surface area (TPSA) is 94.4 Å². The van der Waals surface area contributed by atoms with Gasteiger partial charge in [0.25, 0.3) is 0 Å². The summed E-state index contributed by atoms with van der Waals surface area (Å²) in [5, 5.41) is 7.12. The van der Waals surface area contributed by atoms with Crippen molar-refractivity contribution in [3.8, 4) is 0 Å². The van der Waals surface area contributed by atoms with Crippen LogP contribution in [0.3, 0.4) is 0 Å². The molecule has 8 heteroatoms. The highest BCUT2D eigenvalue weighted by Gasteiger charge is 2.27. The third kappa shape index (κ3) is 3.15. The van der Waals surface area contributed by atoms with Crippen LogP contribution in [0.25, 0.3) is 5.65 Å². The van der Waals surface area contributed by atoms with Crippen molar-refractivity contribution in [2.75, 3.05) is 6.54 Å². The molecule has 0 radical (unpaired) electrons. The first-order valence-electron chi connectivity index (χ1n) is 7.22. The van der Waals surface area contributed by atoms with Gasteiger partial charge in [-0.25, -0.2) is 9.48 Å². The summed E-state index contributed by atoms with van der Waals surface area (Å²) in [6, 6.07) is 5.41. The molecule has 3 N–H and O–H groups in total. The van der Waals surface area contributed by atoms with Crippen LogP contribution < -0.4 is 16.7 Å². The van der Waals surface area contributed by atoms with Gasteiger partial charge in [0.05, 0.1) is 0 Å². The maximum Gasteiger partial charge on any atom is 0.350 e. The molecule has 7 nitrogen and oxygen atoms in total. The minimum absolute atomic E-state index is 0. The first-order chi connectivity index (χ1) is 10.2. The number of fused-ring (bicyclic) bond motifs is 1. The van der Waals surface area contributed by atoms with E-state index in [1.165, 1.54) is 9.08 Å². The van der Waals surface area contributed by atoms with Crippen LogP contribution in [0.15, 0.2) is 29.2 Å². The Hall–Kier alpha value is -1.86. The fraction of sp³-hybridized carbons (Fsp3) is 0.500. The molecule has 2 heterocycles. The molecule has 2 aromatic heterocycles. The predicted molar refractivity (Wildman–Crippen MR) is 85.0 cm³/mol. The van der Waals surface area contributed by atoms with E-state index in [2.05, 4.69) is 10.4 Å². The lowest BCUT2D eigenvalue weighted by atomic mass is 10.0. The summed E-state index contributed by atoms with van der Waals surface area (Å²) in [5.74, 6) is 0.151. The molecule has 0 aromatic carbocycles. The highest BCUT2D eigenvalue weighted by Crippen LogP contribution is 2.24. The lowest BCUT2D eigenvalue weighted by Crippen LogP contribution is -2.42. The van der Waals surface area contributed by atoms with Crippen molar-refractivity contribution < 1.29 is 4.79 Å². The third-order valence-electron chi connectivity index (χ3n) is 4.09. The number of halogens is 1. The zero-order valence-corrected chi connectivity index (χ0v) is 13.0. The van der Waals surface area contributed by atoms with Gasteiger partial charge in [-0.05, 0) is 37.4 Å². The number of nitrogens with zero attached hydrogens (tertiary/aromatic N) is 3. The highest BCUT2D eigenvalue weighted by molar-refractivity contribution is 5.85. The number of hydrogen-bond acceptors (Lipinski definition) is 4. The van der Waals surface area contributed by atoms with Crippen molar-refractivity contribution in [3.63, 3.8) is 0 Å². The number of nitrogens with one attached hydrogen (secondary N) is 1. The number of hydrogen-bond donors (Lipinski definition) is 2. The molecule has 120 valence electrons. The molecule has 1 aliphatic carbocycles. The first kappa shape index (κ1) is 16.5. The van der Waals surface area contributed by atoms with Crippen molar-refractivity contribution in [3.05, 3.63) is 34.9 Å². The molecule has 2 atom stereocenters. The Balaban J connectivity index is 0.00000176. The Morgan fingerprint density at radius 2 is 2.23 bits per heavy atom.